The van der Waals surface area contributed by atoms with E-state index in [1.165, 1.54) is 5.56 Å². The number of rotatable bonds is 4. The predicted octanol–water partition coefficient (Wildman–Crippen LogP) is 4.44. The van der Waals surface area contributed by atoms with Gasteiger partial charge in [-0.05, 0) is 54.8 Å². The lowest BCUT2D eigenvalue weighted by molar-refractivity contribution is 0.101. The van der Waals surface area contributed by atoms with Gasteiger partial charge in [-0.25, -0.2) is 0 Å². The van der Waals surface area contributed by atoms with Gasteiger partial charge in [0.05, 0.1) is 7.11 Å². The molecule has 0 heterocycles. The number of benzene rings is 2. The fraction of sp³-hybridized carbons (Fsp3) is 0.381. The van der Waals surface area contributed by atoms with Crippen LogP contribution < -0.4 is 15.3 Å². The summed E-state index contributed by atoms with van der Waals surface area (Å²) in [5.41, 5.74) is 4.44. The Hall–Kier alpha value is -1.66. The fourth-order valence-corrected chi connectivity index (χ4v) is 4.25. The standard InChI is InChI=1S/C21H27O2P/c1-13-8-9-18(17(10-13)15(3)22)24-19-12-16(21(4,5)6)11-14(2)20(19)23-7/h8-12,24H,1-7H3. The van der Waals surface area contributed by atoms with Crippen LogP contribution in [0.15, 0.2) is 30.3 Å². The second-order valence-corrected chi connectivity index (χ2v) is 8.68. The zero-order chi connectivity index (χ0) is 18.1. The lowest BCUT2D eigenvalue weighted by Crippen LogP contribution is -2.18. The maximum absolute atomic E-state index is 12.0. The third-order valence-electron chi connectivity index (χ3n) is 4.17. The van der Waals surface area contributed by atoms with E-state index in [1.54, 1.807) is 14.0 Å². The number of methoxy groups -OCH3 is 1. The summed E-state index contributed by atoms with van der Waals surface area (Å²) in [7, 11) is 2.11. The molecule has 0 aliphatic carbocycles. The average molecular weight is 342 g/mol. The Labute approximate surface area is 147 Å². The van der Waals surface area contributed by atoms with Gasteiger partial charge < -0.3 is 4.74 Å². The molecule has 0 amide bonds. The quantitative estimate of drug-likeness (QED) is 0.606. The first-order valence-corrected chi connectivity index (χ1v) is 9.21. The SMILES string of the molecule is COc1c(C)cc(C(C)(C)C)cc1Pc1ccc(C)cc1C(C)=O. The minimum atomic E-state index is 0.0763. The Balaban J connectivity index is 2.57. The van der Waals surface area contributed by atoms with Gasteiger partial charge in [-0.1, -0.05) is 53.1 Å². The van der Waals surface area contributed by atoms with Crippen molar-refractivity contribution in [2.24, 2.45) is 0 Å². The van der Waals surface area contributed by atoms with Crippen molar-refractivity contribution in [3.63, 3.8) is 0 Å². The van der Waals surface area contributed by atoms with Gasteiger partial charge in [0.2, 0.25) is 0 Å². The Morgan fingerprint density at radius 2 is 1.71 bits per heavy atom. The van der Waals surface area contributed by atoms with Crippen molar-refractivity contribution in [2.45, 2.75) is 47.0 Å². The van der Waals surface area contributed by atoms with Crippen molar-refractivity contribution in [2.75, 3.05) is 7.11 Å². The van der Waals surface area contributed by atoms with E-state index in [4.69, 9.17) is 4.74 Å². The largest absolute Gasteiger partial charge is 0.496 e. The molecule has 1 atom stereocenters. The first-order chi connectivity index (χ1) is 11.1. The van der Waals surface area contributed by atoms with Gasteiger partial charge in [-0.2, -0.15) is 0 Å². The minimum Gasteiger partial charge on any atom is -0.496 e. The first kappa shape index (κ1) is 18.7. The van der Waals surface area contributed by atoms with E-state index in [-0.39, 0.29) is 11.2 Å². The number of carbonyl (C=O) groups excluding carboxylic acids is 1. The van der Waals surface area contributed by atoms with Crippen molar-refractivity contribution < 1.29 is 9.53 Å². The van der Waals surface area contributed by atoms with Gasteiger partial charge in [0, 0.05) is 10.9 Å². The highest BCUT2D eigenvalue weighted by atomic mass is 31.1. The molecule has 0 aromatic heterocycles. The van der Waals surface area contributed by atoms with E-state index in [2.05, 4.69) is 52.0 Å². The van der Waals surface area contributed by atoms with Gasteiger partial charge in [0.15, 0.2) is 5.78 Å². The third-order valence-corrected chi connectivity index (χ3v) is 5.51. The Kier molecular flexibility index (Phi) is 5.50. The zero-order valence-electron chi connectivity index (χ0n) is 15.7. The zero-order valence-corrected chi connectivity index (χ0v) is 16.7. The Bertz CT molecular complexity index is 770. The van der Waals surface area contributed by atoms with Gasteiger partial charge in [-0.15, -0.1) is 0 Å². The van der Waals surface area contributed by atoms with Crippen molar-refractivity contribution in [3.8, 4) is 5.75 Å². The summed E-state index contributed by atoms with van der Waals surface area (Å²) in [6, 6.07) is 10.6. The molecule has 0 N–H and O–H groups in total. The smallest absolute Gasteiger partial charge is 0.160 e. The molecule has 0 bridgehead atoms. The molecule has 2 rings (SSSR count). The van der Waals surface area contributed by atoms with Crippen molar-refractivity contribution in [3.05, 3.63) is 52.6 Å². The van der Waals surface area contributed by atoms with E-state index < -0.39 is 0 Å². The van der Waals surface area contributed by atoms with Crippen molar-refractivity contribution in [1.82, 2.24) is 0 Å². The third kappa shape index (κ3) is 4.05. The maximum Gasteiger partial charge on any atom is 0.160 e. The van der Waals surface area contributed by atoms with Crippen molar-refractivity contribution >= 4 is 25.0 Å². The molecule has 0 spiro atoms. The molecule has 2 aromatic carbocycles. The topological polar surface area (TPSA) is 26.3 Å². The molecule has 3 heteroatoms. The minimum absolute atomic E-state index is 0.0763. The number of aryl methyl sites for hydroxylation is 2. The lowest BCUT2D eigenvalue weighted by atomic mass is 9.86. The van der Waals surface area contributed by atoms with E-state index in [1.807, 2.05) is 13.0 Å². The Morgan fingerprint density at radius 1 is 1.04 bits per heavy atom. The van der Waals surface area contributed by atoms with Crippen LogP contribution in [0.1, 0.15) is 54.7 Å². The second-order valence-electron chi connectivity index (χ2n) is 7.35. The number of hydrogen-bond donors (Lipinski definition) is 0. The molecule has 0 saturated carbocycles. The van der Waals surface area contributed by atoms with Crippen LogP contribution in [-0.2, 0) is 5.41 Å². The highest BCUT2D eigenvalue weighted by molar-refractivity contribution is 7.56. The molecule has 0 aliphatic rings. The molecule has 24 heavy (non-hydrogen) atoms. The predicted molar refractivity (Wildman–Crippen MR) is 105 cm³/mol. The molecule has 2 aromatic rings. The molecule has 128 valence electrons. The Morgan fingerprint density at radius 3 is 2.25 bits per heavy atom. The van der Waals surface area contributed by atoms with Crippen molar-refractivity contribution in [1.29, 1.82) is 0 Å². The number of ether oxygens (including phenoxy) is 1. The summed E-state index contributed by atoms with van der Waals surface area (Å²) in [6.07, 6.45) is 0. The highest BCUT2D eigenvalue weighted by Crippen LogP contribution is 2.30. The van der Waals surface area contributed by atoms with Gasteiger partial charge in [-0.3, -0.25) is 4.79 Å². The summed E-state index contributed by atoms with van der Waals surface area (Å²) < 4.78 is 5.66. The van der Waals surface area contributed by atoms with Crippen LogP contribution in [0.5, 0.6) is 5.75 Å². The molecular weight excluding hydrogens is 315 g/mol. The summed E-state index contributed by atoms with van der Waals surface area (Å²) in [6.45, 7) is 12.4. The van der Waals surface area contributed by atoms with Gasteiger partial charge >= 0.3 is 0 Å². The molecular formula is C21H27O2P. The van der Waals surface area contributed by atoms with Gasteiger partial charge in [0.25, 0.3) is 0 Å². The number of ketones is 1. The molecule has 0 aliphatic heterocycles. The molecule has 0 fully saturated rings. The molecule has 0 radical (unpaired) electrons. The van der Waals surface area contributed by atoms with Crippen LogP contribution in [0, 0.1) is 13.8 Å². The number of carbonyl (C=O) groups is 1. The maximum atomic E-state index is 12.0. The normalized spacial score (nSPS) is 12.0. The van der Waals surface area contributed by atoms with Crippen LogP contribution in [0.4, 0.5) is 0 Å². The molecule has 1 unspecified atom stereocenters. The average Bonchev–Trinajstić information content (AvgIpc) is 2.47. The number of hydrogen-bond acceptors (Lipinski definition) is 2. The van der Waals surface area contributed by atoms with E-state index >= 15 is 0 Å². The summed E-state index contributed by atoms with van der Waals surface area (Å²) >= 11 is 0. The van der Waals surface area contributed by atoms with E-state index in [9.17, 15) is 4.79 Å². The summed E-state index contributed by atoms with van der Waals surface area (Å²) in [5.74, 6) is 1.04. The van der Waals surface area contributed by atoms with Crippen LogP contribution in [0.2, 0.25) is 0 Å². The van der Waals surface area contributed by atoms with Crippen LogP contribution in [0.3, 0.4) is 0 Å². The molecule has 2 nitrogen and oxygen atoms in total. The lowest BCUT2D eigenvalue weighted by Gasteiger charge is -2.23. The van der Waals surface area contributed by atoms with E-state index in [0.717, 1.165) is 33.0 Å². The second kappa shape index (κ2) is 7.07. The van der Waals surface area contributed by atoms with Gasteiger partial charge in [0.1, 0.15) is 5.75 Å². The van der Waals surface area contributed by atoms with Crippen LogP contribution in [-0.4, -0.2) is 12.9 Å². The fourth-order valence-electron chi connectivity index (χ4n) is 2.77. The molecule has 0 saturated heterocycles. The van der Waals surface area contributed by atoms with Crippen LogP contribution in [0.25, 0.3) is 0 Å². The summed E-state index contributed by atoms with van der Waals surface area (Å²) in [5, 5.41) is 2.24. The first-order valence-electron chi connectivity index (χ1n) is 8.21. The number of Topliss-reactive ketones (excluding diaryl/α,β-unsaturated/α-hetero) is 1. The van der Waals surface area contributed by atoms with Crippen LogP contribution >= 0.6 is 8.58 Å². The highest BCUT2D eigenvalue weighted by Gasteiger charge is 2.19. The monoisotopic (exact) mass is 342 g/mol. The summed E-state index contributed by atoms with van der Waals surface area (Å²) in [4.78, 5) is 12.0. The van der Waals surface area contributed by atoms with E-state index in [0.29, 0.717) is 8.58 Å².